The van der Waals surface area contributed by atoms with Crippen LogP contribution in [0.4, 0.5) is 8.78 Å². The molecule has 2 rings (SSSR count). The van der Waals surface area contributed by atoms with Crippen molar-refractivity contribution in [3.8, 4) is 0 Å². The minimum atomic E-state index is -0.784. The zero-order chi connectivity index (χ0) is 13.3. The van der Waals surface area contributed by atoms with Crippen LogP contribution in [-0.2, 0) is 6.42 Å². The number of benzene rings is 1. The average molecular weight is 253 g/mol. The molecule has 1 aromatic carbocycles. The van der Waals surface area contributed by atoms with Crippen molar-refractivity contribution >= 4 is 0 Å². The van der Waals surface area contributed by atoms with Crippen LogP contribution in [0.2, 0.25) is 0 Å². The number of hydrogen-bond acceptors (Lipinski definition) is 1. The van der Waals surface area contributed by atoms with Crippen molar-refractivity contribution < 1.29 is 8.78 Å². The Bertz CT molecular complexity index is 421. The number of hydrogen-bond donors (Lipinski definition) is 1. The van der Waals surface area contributed by atoms with Crippen LogP contribution in [0, 0.1) is 23.5 Å². The highest BCUT2D eigenvalue weighted by molar-refractivity contribution is 5.21. The summed E-state index contributed by atoms with van der Waals surface area (Å²) in [6.45, 7) is 4.36. The second kappa shape index (κ2) is 4.96. The van der Waals surface area contributed by atoms with Crippen molar-refractivity contribution in [1.29, 1.82) is 0 Å². The Kier molecular flexibility index (Phi) is 3.71. The lowest BCUT2D eigenvalue weighted by molar-refractivity contribution is 0.181. The molecule has 1 fully saturated rings. The van der Waals surface area contributed by atoms with E-state index in [2.05, 4.69) is 13.8 Å². The summed E-state index contributed by atoms with van der Waals surface area (Å²) in [5.41, 5.74) is 6.41. The van der Waals surface area contributed by atoms with Gasteiger partial charge in [0.05, 0.1) is 0 Å². The van der Waals surface area contributed by atoms with Crippen LogP contribution in [-0.4, -0.2) is 5.54 Å². The van der Waals surface area contributed by atoms with Gasteiger partial charge in [-0.25, -0.2) is 8.78 Å². The molecule has 0 aliphatic heterocycles. The van der Waals surface area contributed by atoms with E-state index in [9.17, 15) is 8.78 Å². The lowest BCUT2D eigenvalue weighted by Gasteiger charge is -2.40. The summed E-state index contributed by atoms with van der Waals surface area (Å²) >= 11 is 0. The third-order valence-electron chi connectivity index (χ3n) is 3.89. The highest BCUT2D eigenvalue weighted by Crippen LogP contribution is 2.36. The second-order valence-corrected chi connectivity index (χ2v) is 6.11. The van der Waals surface area contributed by atoms with Crippen molar-refractivity contribution in [2.24, 2.45) is 17.6 Å². The molecule has 1 aliphatic rings. The van der Waals surface area contributed by atoms with Crippen LogP contribution in [0.15, 0.2) is 18.2 Å². The average Bonchev–Trinajstić information content (AvgIpc) is 2.22. The third kappa shape index (κ3) is 2.89. The summed E-state index contributed by atoms with van der Waals surface area (Å²) in [7, 11) is 0. The molecule has 100 valence electrons. The molecule has 0 saturated heterocycles. The van der Waals surface area contributed by atoms with Crippen molar-refractivity contribution in [2.75, 3.05) is 0 Å². The number of nitrogens with two attached hydrogens (primary N) is 1. The van der Waals surface area contributed by atoms with Gasteiger partial charge in [-0.1, -0.05) is 26.0 Å². The molecule has 3 heteroatoms. The second-order valence-electron chi connectivity index (χ2n) is 6.11. The van der Waals surface area contributed by atoms with Gasteiger partial charge in [0, 0.05) is 5.54 Å². The number of rotatable bonds is 2. The van der Waals surface area contributed by atoms with E-state index >= 15 is 0 Å². The Morgan fingerprint density at radius 2 is 1.83 bits per heavy atom. The zero-order valence-corrected chi connectivity index (χ0v) is 11.0. The Morgan fingerprint density at radius 3 is 2.44 bits per heavy atom. The maximum atomic E-state index is 13.7. The summed E-state index contributed by atoms with van der Waals surface area (Å²) in [4.78, 5) is 0. The van der Waals surface area contributed by atoms with Gasteiger partial charge >= 0.3 is 0 Å². The van der Waals surface area contributed by atoms with Crippen LogP contribution in [0.1, 0.15) is 38.7 Å². The maximum Gasteiger partial charge on any atom is 0.162 e. The van der Waals surface area contributed by atoms with Gasteiger partial charge in [-0.15, -0.1) is 0 Å². The maximum absolute atomic E-state index is 13.7. The molecule has 2 N–H and O–H groups in total. The Balaban J connectivity index is 2.19. The molecule has 0 bridgehead atoms. The van der Waals surface area contributed by atoms with Crippen molar-refractivity contribution in [2.45, 2.75) is 45.1 Å². The van der Waals surface area contributed by atoms with E-state index < -0.39 is 17.2 Å². The summed E-state index contributed by atoms with van der Waals surface area (Å²) in [5.74, 6) is -0.424. The van der Waals surface area contributed by atoms with Crippen molar-refractivity contribution in [3.05, 3.63) is 35.4 Å². The molecule has 0 amide bonds. The highest BCUT2D eigenvalue weighted by Gasteiger charge is 2.35. The molecule has 1 aromatic rings. The van der Waals surface area contributed by atoms with Gasteiger partial charge in [0.2, 0.25) is 0 Å². The third-order valence-corrected chi connectivity index (χ3v) is 3.89. The van der Waals surface area contributed by atoms with Crippen molar-refractivity contribution in [3.63, 3.8) is 0 Å². The fourth-order valence-electron chi connectivity index (χ4n) is 3.53. The standard InChI is InChI=1S/C15H21F2N/c1-10-6-11(2)8-15(18,7-10)9-12-4-3-5-13(16)14(12)17/h3-5,10-11H,6-9,18H2,1-2H3. The molecule has 0 radical (unpaired) electrons. The van der Waals surface area contributed by atoms with Crippen LogP contribution < -0.4 is 5.73 Å². The summed E-state index contributed by atoms with van der Waals surface area (Å²) in [5, 5.41) is 0. The zero-order valence-electron chi connectivity index (χ0n) is 11.0. The minimum Gasteiger partial charge on any atom is -0.325 e. The SMILES string of the molecule is CC1CC(C)CC(N)(Cc2cccc(F)c2F)C1. The molecular formula is C15H21F2N. The van der Waals surface area contributed by atoms with E-state index in [1.54, 1.807) is 12.1 Å². The predicted molar refractivity (Wildman–Crippen MR) is 69.2 cm³/mol. The molecule has 2 unspecified atom stereocenters. The molecule has 1 saturated carbocycles. The van der Waals surface area contributed by atoms with E-state index in [0.717, 1.165) is 18.9 Å². The minimum absolute atomic E-state index is 0.397. The molecule has 2 atom stereocenters. The van der Waals surface area contributed by atoms with E-state index in [-0.39, 0.29) is 0 Å². The first kappa shape index (κ1) is 13.5. The first-order chi connectivity index (χ1) is 8.39. The van der Waals surface area contributed by atoms with Gasteiger partial charge in [-0.05, 0) is 49.1 Å². The largest absolute Gasteiger partial charge is 0.325 e. The van der Waals surface area contributed by atoms with Gasteiger partial charge in [0.1, 0.15) is 0 Å². The van der Waals surface area contributed by atoms with Crippen LogP contribution >= 0.6 is 0 Å². The van der Waals surface area contributed by atoms with Crippen LogP contribution in [0.25, 0.3) is 0 Å². The molecule has 0 aromatic heterocycles. The van der Waals surface area contributed by atoms with E-state index in [1.165, 1.54) is 6.42 Å². The Hall–Kier alpha value is -0.960. The molecule has 18 heavy (non-hydrogen) atoms. The van der Waals surface area contributed by atoms with Crippen LogP contribution in [0.3, 0.4) is 0 Å². The Morgan fingerprint density at radius 1 is 1.22 bits per heavy atom. The highest BCUT2D eigenvalue weighted by atomic mass is 19.2. The van der Waals surface area contributed by atoms with Gasteiger partial charge in [0.25, 0.3) is 0 Å². The van der Waals surface area contributed by atoms with E-state index in [0.29, 0.717) is 23.8 Å². The summed E-state index contributed by atoms with van der Waals surface area (Å²) in [6.07, 6.45) is 3.36. The molecule has 1 nitrogen and oxygen atoms in total. The fraction of sp³-hybridized carbons (Fsp3) is 0.600. The van der Waals surface area contributed by atoms with Crippen molar-refractivity contribution in [1.82, 2.24) is 0 Å². The van der Waals surface area contributed by atoms with Gasteiger partial charge in [-0.2, -0.15) is 0 Å². The fourth-order valence-corrected chi connectivity index (χ4v) is 3.53. The molecule has 1 aliphatic carbocycles. The smallest absolute Gasteiger partial charge is 0.162 e. The molecular weight excluding hydrogens is 232 g/mol. The Labute approximate surface area is 107 Å². The van der Waals surface area contributed by atoms with Gasteiger partial charge in [-0.3, -0.25) is 0 Å². The predicted octanol–water partition coefficient (Wildman–Crippen LogP) is 3.66. The van der Waals surface area contributed by atoms with E-state index in [4.69, 9.17) is 5.73 Å². The normalized spacial score (nSPS) is 32.5. The molecule has 0 spiro atoms. The first-order valence-electron chi connectivity index (χ1n) is 6.61. The van der Waals surface area contributed by atoms with Gasteiger partial charge < -0.3 is 5.73 Å². The van der Waals surface area contributed by atoms with Crippen LogP contribution in [0.5, 0.6) is 0 Å². The summed E-state index contributed by atoms with van der Waals surface area (Å²) < 4.78 is 26.9. The lowest BCUT2D eigenvalue weighted by atomic mass is 9.70. The molecule has 0 heterocycles. The quantitative estimate of drug-likeness (QED) is 0.855. The monoisotopic (exact) mass is 253 g/mol. The summed E-state index contributed by atoms with van der Waals surface area (Å²) in [6, 6.07) is 4.33. The van der Waals surface area contributed by atoms with Gasteiger partial charge in [0.15, 0.2) is 11.6 Å². The number of halogens is 2. The topological polar surface area (TPSA) is 26.0 Å². The van der Waals surface area contributed by atoms with E-state index in [1.807, 2.05) is 0 Å². The first-order valence-corrected chi connectivity index (χ1v) is 6.61. The lowest BCUT2D eigenvalue weighted by Crippen LogP contribution is -2.48.